The standard InChI is InChI=1S/C8H7ClN/c1-6(2)7-3-4-8(9)10-5-7/h3-5H,1-2H2. The maximum absolute atomic E-state index is 5.56. The normalized spacial score (nSPS) is 9.40. The molecule has 0 amide bonds. The zero-order valence-electron chi connectivity index (χ0n) is 5.47. The first-order chi connectivity index (χ1) is 4.70. The summed E-state index contributed by atoms with van der Waals surface area (Å²) in [5, 5.41) is 0.491. The van der Waals surface area contributed by atoms with Crippen LogP contribution in [-0.4, -0.2) is 4.98 Å². The summed E-state index contributed by atoms with van der Waals surface area (Å²) >= 11 is 5.56. The van der Waals surface area contributed by atoms with Crippen LogP contribution in [-0.2, 0) is 0 Å². The van der Waals surface area contributed by atoms with Crippen LogP contribution in [0.25, 0.3) is 5.57 Å². The van der Waals surface area contributed by atoms with Crippen LogP contribution in [0.4, 0.5) is 0 Å². The van der Waals surface area contributed by atoms with Gasteiger partial charge in [0.2, 0.25) is 0 Å². The minimum atomic E-state index is 0.491. The first-order valence-electron chi connectivity index (χ1n) is 2.83. The van der Waals surface area contributed by atoms with Gasteiger partial charge in [-0.3, -0.25) is 0 Å². The Hall–Kier alpha value is -0.820. The van der Waals surface area contributed by atoms with Crippen LogP contribution >= 0.6 is 11.6 Å². The van der Waals surface area contributed by atoms with Gasteiger partial charge in [0.15, 0.2) is 0 Å². The second-order valence-electron chi connectivity index (χ2n) is 1.97. The third-order valence-corrected chi connectivity index (χ3v) is 1.36. The summed E-state index contributed by atoms with van der Waals surface area (Å²) in [4.78, 5) is 3.86. The lowest BCUT2D eigenvalue weighted by Gasteiger charge is -1.96. The molecule has 1 aromatic rings. The van der Waals surface area contributed by atoms with Gasteiger partial charge in [0.05, 0.1) is 0 Å². The third-order valence-electron chi connectivity index (χ3n) is 1.14. The van der Waals surface area contributed by atoms with Crippen LogP contribution in [0.2, 0.25) is 5.15 Å². The van der Waals surface area contributed by atoms with E-state index in [4.69, 9.17) is 11.6 Å². The molecule has 1 nitrogen and oxygen atoms in total. The molecule has 0 aliphatic rings. The molecule has 0 unspecified atom stereocenters. The number of rotatable bonds is 1. The Morgan fingerprint density at radius 3 is 2.60 bits per heavy atom. The fourth-order valence-electron chi connectivity index (χ4n) is 0.585. The van der Waals surface area contributed by atoms with E-state index in [1.165, 1.54) is 0 Å². The highest BCUT2D eigenvalue weighted by Gasteiger charge is 1.92. The number of halogens is 1. The number of pyridine rings is 1. The van der Waals surface area contributed by atoms with Crippen LogP contribution in [0.5, 0.6) is 0 Å². The molecule has 0 fully saturated rings. The third kappa shape index (κ3) is 1.58. The maximum Gasteiger partial charge on any atom is 0.129 e. The van der Waals surface area contributed by atoms with Gasteiger partial charge in [0.25, 0.3) is 0 Å². The molecule has 0 aromatic carbocycles. The van der Waals surface area contributed by atoms with E-state index in [0.717, 1.165) is 11.1 Å². The van der Waals surface area contributed by atoms with Gasteiger partial charge in [-0.15, -0.1) is 0 Å². The predicted molar refractivity (Wildman–Crippen MR) is 43.6 cm³/mol. The largest absolute Gasteiger partial charge is 0.244 e. The Morgan fingerprint density at radius 1 is 1.50 bits per heavy atom. The Balaban J connectivity index is 3.00. The average Bonchev–Trinajstić information content (AvgIpc) is 1.88. The Kier molecular flexibility index (Phi) is 2.07. The molecule has 0 aliphatic heterocycles. The summed E-state index contributed by atoms with van der Waals surface area (Å²) in [5.74, 6) is 0. The molecule has 1 radical (unpaired) electrons. The number of hydrogen-bond donors (Lipinski definition) is 0. The molecule has 1 rings (SSSR count). The SMILES string of the molecule is [CH2]C(=C)c1ccc(Cl)nc1. The Morgan fingerprint density at radius 2 is 2.20 bits per heavy atom. The maximum atomic E-state index is 5.56. The van der Waals surface area contributed by atoms with Crippen molar-refractivity contribution in [1.29, 1.82) is 0 Å². The van der Waals surface area contributed by atoms with Crippen molar-refractivity contribution in [3.63, 3.8) is 0 Å². The van der Waals surface area contributed by atoms with Crippen molar-refractivity contribution in [1.82, 2.24) is 4.98 Å². The van der Waals surface area contributed by atoms with E-state index >= 15 is 0 Å². The van der Waals surface area contributed by atoms with E-state index in [-0.39, 0.29) is 0 Å². The molecule has 0 saturated heterocycles. The van der Waals surface area contributed by atoms with E-state index in [0.29, 0.717) is 5.15 Å². The predicted octanol–water partition coefficient (Wildman–Crippen LogP) is 2.58. The fourth-order valence-corrected chi connectivity index (χ4v) is 0.697. The monoisotopic (exact) mass is 152 g/mol. The number of nitrogens with zero attached hydrogens (tertiary/aromatic N) is 1. The van der Waals surface area contributed by atoms with Gasteiger partial charge >= 0.3 is 0 Å². The molecular formula is C8H7ClN. The molecule has 0 spiro atoms. The molecule has 0 bridgehead atoms. The Bertz CT molecular complexity index is 238. The average molecular weight is 153 g/mol. The van der Waals surface area contributed by atoms with Crippen molar-refractivity contribution in [3.05, 3.63) is 42.5 Å². The highest BCUT2D eigenvalue weighted by atomic mass is 35.5. The van der Waals surface area contributed by atoms with Gasteiger partial charge in [-0.2, -0.15) is 0 Å². The molecule has 0 atom stereocenters. The van der Waals surface area contributed by atoms with Crippen LogP contribution in [0, 0.1) is 6.92 Å². The molecule has 2 heteroatoms. The summed E-state index contributed by atoms with van der Waals surface area (Å²) in [7, 11) is 0. The summed E-state index contributed by atoms with van der Waals surface area (Å²) in [6, 6.07) is 3.55. The number of allylic oxidation sites excluding steroid dienone is 1. The van der Waals surface area contributed by atoms with Crippen LogP contribution in [0.15, 0.2) is 24.9 Å². The zero-order valence-corrected chi connectivity index (χ0v) is 6.23. The molecule has 1 aromatic heterocycles. The molecule has 0 N–H and O–H groups in total. The van der Waals surface area contributed by atoms with E-state index in [9.17, 15) is 0 Å². The van der Waals surface area contributed by atoms with Crippen molar-refractivity contribution >= 4 is 17.2 Å². The minimum absolute atomic E-state index is 0.491. The van der Waals surface area contributed by atoms with Crippen molar-refractivity contribution < 1.29 is 0 Å². The lowest BCUT2D eigenvalue weighted by atomic mass is 10.2. The van der Waals surface area contributed by atoms with Crippen molar-refractivity contribution in [2.45, 2.75) is 0 Å². The van der Waals surface area contributed by atoms with Crippen molar-refractivity contribution in [2.24, 2.45) is 0 Å². The lowest BCUT2D eigenvalue weighted by molar-refractivity contribution is 1.31. The van der Waals surface area contributed by atoms with E-state index in [1.54, 1.807) is 12.3 Å². The smallest absolute Gasteiger partial charge is 0.129 e. The quantitative estimate of drug-likeness (QED) is 0.564. The highest BCUT2D eigenvalue weighted by molar-refractivity contribution is 6.29. The van der Waals surface area contributed by atoms with Gasteiger partial charge in [-0.25, -0.2) is 4.98 Å². The molecule has 0 aliphatic carbocycles. The van der Waals surface area contributed by atoms with E-state index in [2.05, 4.69) is 18.5 Å². The first-order valence-corrected chi connectivity index (χ1v) is 3.21. The van der Waals surface area contributed by atoms with Crippen LogP contribution < -0.4 is 0 Å². The van der Waals surface area contributed by atoms with Gasteiger partial charge < -0.3 is 0 Å². The highest BCUT2D eigenvalue weighted by Crippen LogP contribution is 2.11. The molecule has 1 heterocycles. The number of hydrogen-bond acceptors (Lipinski definition) is 1. The van der Waals surface area contributed by atoms with Gasteiger partial charge in [-0.05, 0) is 24.1 Å². The van der Waals surface area contributed by atoms with Crippen LogP contribution in [0.3, 0.4) is 0 Å². The summed E-state index contributed by atoms with van der Waals surface area (Å²) < 4.78 is 0. The van der Waals surface area contributed by atoms with Crippen molar-refractivity contribution in [3.8, 4) is 0 Å². The summed E-state index contributed by atoms with van der Waals surface area (Å²) in [5.41, 5.74) is 1.67. The zero-order chi connectivity index (χ0) is 7.56. The molecule has 51 valence electrons. The number of aromatic nitrogens is 1. The van der Waals surface area contributed by atoms with Crippen LogP contribution in [0.1, 0.15) is 5.56 Å². The topological polar surface area (TPSA) is 12.9 Å². The van der Waals surface area contributed by atoms with Crippen molar-refractivity contribution in [2.75, 3.05) is 0 Å². The first kappa shape index (κ1) is 7.29. The van der Waals surface area contributed by atoms with E-state index < -0.39 is 0 Å². The Labute approximate surface area is 65.4 Å². The van der Waals surface area contributed by atoms with Gasteiger partial charge in [0.1, 0.15) is 5.15 Å². The lowest BCUT2D eigenvalue weighted by Crippen LogP contribution is -1.79. The summed E-state index contributed by atoms with van der Waals surface area (Å²) in [6.07, 6.45) is 1.65. The second-order valence-corrected chi connectivity index (χ2v) is 2.36. The van der Waals surface area contributed by atoms with Gasteiger partial charge in [0, 0.05) is 6.20 Å². The molecule has 10 heavy (non-hydrogen) atoms. The second kappa shape index (κ2) is 2.84. The minimum Gasteiger partial charge on any atom is -0.244 e. The van der Waals surface area contributed by atoms with Gasteiger partial charge in [-0.1, -0.05) is 24.2 Å². The molecule has 0 saturated carbocycles. The fraction of sp³-hybridized carbons (Fsp3) is 0. The molecular weight excluding hydrogens is 146 g/mol. The van der Waals surface area contributed by atoms with E-state index in [1.807, 2.05) is 6.07 Å². The summed E-state index contributed by atoms with van der Waals surface area (Å²) in [6.45, 7) is 7.32.